The van der Waals surface area contributed by atoms with Crippen molar-refractivity contribution < 1.29 is 14.3 Å². The van der Waals surface area contributed by atoms with Crippen LogP contribution in [0.5, 0.6) is 0 Å². The lowest BCUT2D eigenvalue weighted by molar-refractivity contribution is 0.0535. The Bertz CT molecular complexity index is 585. The average Bonchev–Trinajstić information content (AvgIpc) is 2.54. The highest BCUT2D eigenvalue weighted by Crippen LogP contribution is 2.23. The van der Waals surface area contributed by atoms with Gasteiger partial charge >= 0.3 is 6.09 Å². The topological polar surface area (TPSA) is 49.9 Å². The molecule has 1 aromatic rings. The van der Waals surface area contributed by atoms with Crippen LogP contribution in [0.2, 0.25) is 10.0 Å². The fourth-order valence-corrected chi connectivity index (χ4v) is 2.53. The molecule has 0 radical (unpaired) electrons. The molecule has 0 aromatic heterocycles. The van der Waals surface area contributed by atoms with Gasteiger partial charge in [-0.3, -0.25) is 4.79 Å². The number of piperazine rings is 1. The smallest absolute Gasteiger partial charge is 0.409 e. The minimum absolute atomic E-state index is 0.112. The largest absolute Gasteiger partial charge is 0.449 e. The monoisotopic (exact) mass is 358 g/mol. The summed E-state index contributed by atoms with van der Waals surface area (Å²) in [4.78, 5) is 27.7. The van der Waals surface area contributed by atoms with E-state index in [-0.39, 0.29) is 12.0 Å². The molecule has 0 aliphatic carbocycles. The van der Waals surface area contributed by atoms with Gasteiger partial charge in [-0.05, 0) is 24.1 Å². The predicted octanol–water partition coefficient (Wildman–Crippen LogP) is 3.54. The van der Waals surface area contributed by atoms with Crippen molar-refractivity contribution in [3.05, 3.63) is 33.8 Å². The van der Waals surface area contributed by atoms with E-state index >= 15 is 0 Å². The second-order valence-corrected chi connectivity index (χ2v) is 6.69. The van der Waals surface area contributed by atoms with Crippen LogP contribution in [0.3, 0.4) is 0 Å². The van der Waals surface area contributed by atoms with Crippen LogP contribution in [0.1, 0.15) is 24.2 Å². The molecule has 0 saturated carbocycles. The minimum Gasteiger partial charge on any atom is -0.449 e. The third-order valence-electron chi connectivity index (χ3n) is 3.53. The molecule has 0 spiro atoms. The Morgan fingerprint density at radius 3 is 2.26 bits per heavy atom. The first kappa shape index (κ1) is 17.9. The summed E-state index contributed by atoms with van der Waals surface area (Å²) in [7, 11) is 0. The van der Waals surface area contributed by atoms with Crippen molar-refractivity contribution in [2.45, 2.75) is 13.8 Å². The second kappa shape index (κ2) is 7.88. The average molecular weight is 359 g/mol. The maximum Gasteiger partial charge on any atom is 0.409 e. The summed E-state index contributed by atoms with van der Waals surface area (Å²) in [5.74, 6) is 0.190. The van der Waals surface area contributed by atoms with Crippen LogP contribution >= 0.6 is 23.2 Å². The predicted molar refractivity (Wildman–Crippen MR) is 90.1 cm³/mol. The zero-order chi connectivity index (χ0) is 17.0. The molecule has 1 heterocycles. The van der Waals surface area contributed by atoms with Gasteiger partial charge in [0.1, 0.15) is 0 Å². The van der Waals surface area contributed by atoms with Gasteiger partial charge < -0.3 is 14.5 Å². The fraction of sp³-hybridized carbons (Fsp3) is 0.500. The number of halogens is 2. The van der Waals surface area contributed by atoms with Crippen LogP contribution in [0, 0.1) is 5.92 Å². The van der Waals surface area contributed by atoms with Crippen molar-refractivity contribution in [3.63, 3.8) is 0 Å². The third-order valence-corrected chi connectivity index (χ3v) is 4.27. The summed E-state index contributed by atoms with van der Waals surface area (Å²) in [5.41, 5.74) is 0.496. The van der Waals surface area contributed by atoms with E-state index in [2.05, 4.69) is 0 Å². The quantitative estimate of drug-likeness (QED) is 0.830. The van der Waals surface area contributed by atoms with Gasteiger partial charge in [0.15, 0.2) is 0 Å². The standard InChI is InChI=1S/C16H20Cl2N2O3/c1-11(2)10-23-16(22)20-7-5-19(6-8-20)15(21)12-3-4-13(17)14(18)9-12/h3-4,9,11H,5-8,10H2,1-2H3. The Morgan fingerprint density at radius 2 is 1.70 bits per heavy atom. The third kappa shape index (κ3) is 4.75. The van der Waals surface area contributed by atoms with E-state index in [1.807, 2.05) is 13.8 Å². The normalized spacial score (nSPS) is 15.0. The molecular formula is C16H20Cl2N2O3. The maximum atomic E-state index is 12.4. The lowest BCUT2D eigenvalue weighted by Gasteiger charge is -2.34. The van der Waals surface area contributed by atoms with Crippen LogP contribution in [0.25, 0.3) is 0 Å². The van der Waals surface area contributed by atoms with E-state index < -0.39 is 0 Å². The molecule has 2 amide bonds. The van der Waals surface area contributed by atoms with Gasteiger partial charge in [-0.2, -0.15) is 0 Å². The van der Waals surface area contributed by atoms with Crippen LogP contribution in [0.4, 0.5) is 4.79 Å². The molecule has 1 aliphatic heterocycles. The molecule has 1 aromatic carbocycles. The number of ether oxygens (including phenoxy) is 1. The Balaban J connectivity index is 1.89. The highest BCUT2D eigenvalue weighted by atomic mass is 35.5. The summed E-state index contributed by atoms with van der Waals surface area (Å²) in [6.45, 7) is 6.24. The molecule has 0 atom stereocenters. The molecule has 5 nitrogen and oxygen atoms in total. The summed E-state index contributed by atoms with van der Waals surface area (Å²) in [6, 6.07) is 4.83. The molecule has 2 rings (SSSR count). The number of carbonyl (C=O) groups excluding carboxylic acids is 2. The van der Waals surface area contributed by atoms with Crippen molar-refractivity contribution in [3.8, 4) is 0 Å². The SMILES string of the molecule is CC(C)COC(=O)N1CCN(C(=O)c2ccc(Cl)c(Cl)c2)CC1. The minimum atomic E-state index is -0.319. The van der Waals surface area contributed by atoms with Crippen LogP contribution in [0.15, 0.2) is 18.2 Å². The molecule has 23 heavy (non-hydrogen) atoms. The highest BCUT2D eigenvalue weighted by molar-refractivity contribution is 6.42. The molecule has 7 heteroatoms. The number of hydrogen-bond acceptors (Lipinski definition) is 3. The Morgan fingerprint density at radius 1 is 1.09 bits per heavy atom. The van der Waals surface area contributed by atoms with Gasteiger partial charge in [0.2, 0.25) is 0 Å². The Kier molecular flexibility index (Phi) is 6.13. The second-order valence-electron chi connectivity index (χ2n) is 5.88. The highest BCUT2D eigenvalue weighted by Gasteiger charge is 2.26. The molecule has 126 valence electrons. The van der Waals surface area contributed by atoms with E-state index in [4.69, 9.17) is 27.9 Å². The van der Waals surface area contributed by atoms with E-state index in [9.17, 15) is 9.59 Å². The fourth-order valence-electron chi connectivity index (χ4n) is 2.23. The van der Waals surface area contributed by atoms with Crippen LogP contribution in [-0.2, 0) is 4.74 Å². The molecule has 1 saturated heterocycles. The van der Waals surface area contributed by atoms with Crippen molar-refractivity contribution >= 4 is 35.2 Å². The van der Waals surface area contributed by atoms with E-state index in [1.54, 1.807) is 28.0 Å². The van der Waals surface area contributed by atoms with E-state index in [0.717, 1.165) is 0 Å². The van der Waals surface area contributed by atoms with Crippen molar-refractivity contribution in [1.29, 1.82) is 0 Å². The lowest BCUT2D eigenvalue weighted by Crippen LogP contribution is -2.50. The van der Waals surface area contributed by atoms with Crippen molar-refractivity contribution in [2.75, 3.05) is 32.8 Å². The maximum absolute atomic E-state index is 12.4. The first-order chi connectivity index (χ1) is 10.9. The summed E-state index contributed by atoms with van der Waals surface area (Å²) >= 11 is 11.8. The number of nitrogens with zero attached hydrogens (tertiary/aromatic N) is 2. The van der Waals surface area contributed by atoms with Gasteiger partial charge in [-0.1, -0.05) is 37.0 Å². The summed E-state index contributed by atoms with van der Waals surface area (Å²) in [6.07, 6.45) is -0.319. The molecule has 0 N–H and O–H groups in total. The molecular weight excluding hydrogens is 339 g/mol. The van der Waals surface area contributed by atoms with Gasteiger partial charge in [0, 0.05) is 31.7 Å². The van der Waals surface area contributed by atoms with Gasteiger partial charge in [-0.15, -0.1) is 0 Å². The van der Waals surface area contributed by atoms with Crippen LogP contribution < -0.4 is 0 Å². The molecule has 1 aliphatic rings. The van der Waals surface area contributed by atoms with Gasteiger partial charge in [0.25, 0.3) is 5.91 Å². The molecule has 1 fully saturated rings. The number of hydrogen-bond donors (Lipinski definition) is 0. The first-order valence-corrected chi connectivity index (χ1v) is 8.30. The van der Waals surface area contributed by atoms with Crippen molar-refractivity contribution in [2.24, 2.45) is 5.92 Å². The van der Waals surface area contributed by atoms with Gasteiger partial charge in [-0.25, -0.2) is 4.79 Å². The molecule has 0 bridgehead atoms. The zero-order valence-electron chi connectivity index (χ0n) is 13.2. The van der Waals surface area contributed by atoms with Crippen LogP contribution in [-0.4, -0.2) is 54.6 Å². The summed E-state index contributed by atoms with van der Waals surface area (Å²) < 4.78 is 5.20. The number of carbonyl (C=O) groups is 2. The molecule has 0 unspecified atom stereocenters. The Labute approximate surface area is 146 Å². The van der Waals surface area contributed by atoms with E-state index in [0.29, 0.717) is 54.3 Å². The number of amides is 2. The summed E-state index contributed by atoms with van der Waals surface area (Å²) in [5, 5.41) is 0.773. The zero-order valence-corrected chi connectivity index (χ0v) is 14.7. The van der Waals surface area contributed by atoms with E-state index in [1.165, 1.54) is 0 Å². The van der Waals surface area contributed by atoms with Crippen molar-refractivity contribution in [1.82, 2.24) is 9.80 Å². The first-order valence-electron chi connectivity index (χ1n) is 7.54. The Hall–Kier alpha value is -1.46. The van der Waals surface area contributed by atoms with Gasteiger partial charge in [0.05, 0.1) is 16.7 Å². The number of rotatable bonds is 3. The lowest BCUT2D eigenvalue weighted by atomic mass is 10.2. The number of benzene rings is 1.